The maximum absolute atomic E-state index is 5.85. The standard InChI is InChI=1S/C25H29NO/c1-20(2)23-12-10-22(11-13-23)19-26-24-14-16-25(17-15-24)27-18-6-9-21-7-4-3-5-8-21/h3-5,7-8,10-17,20,26H,6,9,18-19H2,1-2H3. The summed E-state index contributed by atoms with van der Waals surface area (Å²) in [5.74, 6) is 1.50. The molecule has 0 saturated carbocycles. The van der Waals surface area contributed by atoms with Crippen LogP contribution < -0.4 is 10.1 Å². The lowest BCUT2D eigenvalue weighted by Crippen LogP contribution is -2.01. The van der Waals surface area contributed by atoms with Gasteiger partial charge in [0.15, 0.2) is 0 Å². The molecule has 27 heavy (non-hydrogen) atoms. The molecule has 0 aliphatic carbocycles. The summed E-state index contributed by atoms with van der Waals surface area (Å²) in [5, 5.41) is 3.47. The predicted octanol–water partition coefficient (Wildman–Crippen LogP) is 6.43. The van der Waals surface area contributed by atoms with E-state index in [0.717, 1.165) is 37.4 Å². The quantitative estimate of drug-likeness (QED) is 0.444. The maximum atomic E-state index is 5.85. The van der Waals surface area contributed by atoms with Gasteiger partial charge in [0.05, 0.1) is 6.61 Å². The van der Waals surface area contributed by atoms with Gasteiger partial charge in [-0.05, 0) is 59.7 Å². The summed E-state index contributed by atoms with van der Waals surface area (Å²) in [6.45, 7) is 6.01. The molecule has 0 aromatic heterocycles. The Morgan fingerprint density at radius 3 is 2.15 bits per heavy atom. The van der Waals surface area contributed by atoms with Crippen LogP contribution >= 0.6 is 0 Å². The normalized spacial score (nSPS) is 10.8. The Kier molecular flexibility index (Phi) is 6.92. The summed E-state index contributed by atoms with van der Waals surface area (Å²) in [6.07, 6.45) is 2.08. The Balaban J connectivity index is 1.40. The highest BCUT2D eigenvalue weighted by molar-refractivity contribution is 5.47. The van der Waals surface area contributed by atoms with Crippen LogP contribution in [0.5, 0.6) is 5.75 Å². The van der Waals surface area contributed by atoms with Crippen LogP contribution in [0.15, 0.2) is 78.9 Å². The van der Waals surface area contributed by atoms with Crippen molar-refractivity contribution in [3.8, 4) is 5.75 Å². The summed E-state index contributed by atoms with van der Waals surface area (Å²) < 4.78 is 5.85. The maximum Gasteiger partial charge on any atom is 0.119 e. The van der Waals surface area contributed by atoms with E-state index in [1.807, 2.05) is 12.1 Å². The molecule has 2 heteroatoms. The van der Waals surface area contributed by atoms with Crippen LogP contribution in [0.3, 0.4) is 0 Å². The molecule has 3 rings (SSSR count). The van der Waals surface area contributed by atoms with Gasteiger partial charge in [0.1, 0.15) is 5.75 Å². The summed E-state index contributed by atoms with van der Waals surface area (Å²) >= 11 is 0. The van der Waals surface area contributed by atoms with E-state index in [1.54, 1.807) is 0 Å². The van der Waals surface area contributed by atoms with Crippen molar-refractivity contribution in [1.29, 1.82) is 0 Å². The molecule has 0 saturated heterocycles. The molecule has 0 aliphatic rings. The number of hydrogen-bond donors (Lipinski definition) is 1. The fourth-order valence-electron chi connectivity index (χ4n) is 3.00. The van der Waals surface area contributed by atoms with Crippen molar-refractivity contribution in [2.75, 3.05) is 11.9 Å². The van der Waals surface area contributed by atoms with Crippen molar-refractivity contribution in [1.82, 2.24) is 0 Å². The number of aryl methyl sites for hydroxylation is 1. The third-order valence-electron chi connectivity index (χ3n) is 4.72. The first-order valence-electron chi connectivity index (χ1n) is 9.80. The Labute approximate surface area is 163 Å². The van der Waals surface area contributed by atoms with Gasteiger partial charge >= 0.3 is 0 Å². The molecule has 140 valence electrons. The van der Waals surface area contributed by atoms with E-state index >= 15 is 0 Å². The smallest absolute Gasteiger partial charge is 0.119 e. The largest absolute Gasteiger partial charge is 0.494 e. The van der Waals surface area contributed by atoms with Gasteiger partial charge in [-0.25, -0.2) is 0 Å². The number of rotatable bonds is 9. The zero-order chi connectivity index (χ0) is 18.9. The van der Waals surface area contributed by atoms with Crippen molar-refractivity contribution in [3.63, 3.8) is 0 Å². The minimum atomic E-state index is 0.576. The molecule has 0 radical (unpaired) electrons. The highest BCUT2D eigenvalue weighted by Crippen LogP contribution is 2.18. The fraction of sp³-hybridized carbons (Fsp3) is 0.280. The van der Waals surface area contributed by atoms with E-state index in [-0.39, 0.29) is 0 Å². The topological polar surface area (TPSA) is 21.3 Å². The molecule has 0 aliphatic heterocycles. The van der Waals surface area contributed by atoms with E-state index in [9.17, 15) is 0 Å². The molecule has 2 nitrogen and oxygen atoms in total. The van der Waals surface area contributed by atoms with E-state index in [2.05, 4.69) is 85.9 Å². The Hall–Kier alpha value is -2.74. The van der Waals surface area contributed by atoms with Crippen molar-refractivity contribution in [2.24, 2.45) is 0 Å². The molecular formula is C25H29NO. The lowest BCUT2D eigenvalue weighted by Gasteiger charge is -2.10. The first-order chi connectivity index (χ1) is 13.2. The van der Waals surface area contributed by atoms with Crippen molar-refractivity contribution in [3.05, 3.63) is 95.6 Å². The summed E-state index contributed by atoms with van der Waals surface area (Å²) in [6, 6.07) is 27.6. The Morgan fingerprint density at radius 1 is 0.778 bits per heavy atom. The lowest BCUT2D eigenvalue weighted by atomic mass is 10.0. The molecule has 0 spiro atoms. The molecule has 0 amide bonds. The van der Waals surface area contributed by atoms with Gasteiger partial charge in [-0.1, -0.05) is 68.4 Å². The van der Waals surface area contributed by atoms with E-state index < -0.39 is 0 Å². The summed E-state index contributed by atoms with van der Waals surface area (Å²) in [7, 11) is 0. The van der Waals surface area contributed by atoms with Crippen LogP contribution in [0.25, 0.3) is 0 Å². The highest BCUT2D eigenvalue weighted by Gasteiger charge is 2.00. The second-order valence-electron chi connectivity index (χ2n) is 7.21. The first-order valence-corrected chi connectivity index (χ1v) is 9.80. The molecule has 0 bridgehead atoms. The van der Waals surface area contributed by atoms with Crippen molar-refractivity contribution < 1.29 is 4.74 Å². The van der Waals surface area contributed by atoms with E-state index in [1.165, 1.54) is 16.7 Å². The van der Waals surface area contributed by atoms with Crippen LogP contribution in [-0.4, -0.2) is 6.61 Å². The van der Waals surface area contributed by atoms with Crippen LogP contribution in [0.1, 0.15) is 42.9 Å². The van der Waals surface area contributed by atoms with Gasteiger partial charge in [0, 0.05) is 12.2 Å². The van der Waals surface area contributed by atoms with Crippen LogP contribution in [0.2, 0.25) is 0 Å². The van der Waals surface area contributed by atoms with E-state index in [4.69, 9.17) is 4.74 Å². The monoisotopic (exact) mass is 359 g/mol. The van der Waals surface area contributed by atoms with Gasteiger partial charge < -0.3 is 10.1 Å². The highest BCUT2D eigenvalue weighted by atomic mass is 16.5. The molecule has 3 aromatic carbocycles. The minimum Gasteiger partial charge on any atom is -0.494 e. The number of nitrogens with one attached hydrogen (secondary N) is 1. The SMILES string of the molecule is CC(C)c1ccc(CNc2ccc(OCCCc3ccccc3)cc2)cc1. The fourth-order valence-corrected chi connectivity index (χ4v) is 3.00. The number of ether oxygens (including phenoxy) is 1. The third kappa shape index (κ3) is 6.18. The van der Waals surface area contributed by atoms with Gasteiger partial charge in [-0.3, -0.25) is 0 Å². The van der Waals surface area contributed by atoms with Crippen LogP contribution in [-0.2, 0) is 13.0 Å². The van der Waals surface area contributed by atoms with Gasteiger partial charge in [0.25, 0.3) is 0 Å². The molecule has 1 N–H and O–H groups in total. The predicted molar refractivity (Wildman–Crippen MR) is 115 cm³/mol. The van der Waals surface area contributed by atoms with Crippen molar-refractivity contribution in [2.45, 2.75) is 39.2 Å². The Bertz CT molecular complexity index is 792. The molecule has 3 aromatic rings. The van der Waals surface area contributed by atoms with Crippen molar-refractivity contribution >= 4 is 5.69 Å². The molecule has 0 atom stereocenters. The second-order valence-corrected chi connectivity index (χ2v) is 7.21. The van der Waals surface area contributed by atoms with Gasteiger partial charge in [0.2, 0.25) is 0 Å². The van der Waals surface area contributed by atoms with Gasteiger partial charge in [-0.2, -0.15) is 0 Å². The van der Waals surface area contributed by atoms with Crippen LogP contribution in [0, 0.1) is 0 Å². The average molecular weight is 360 g/mol. The van der Waals surface area contributed by atoms with Crippen LogP contribution in [0.4, 0.5) is 5.69 Å². The second kappa shape index (κ2) is 9.82. The van der Waals surface area contributed by atoms with E-state index in [0.29, 0.717) is 5.92 Å². The first kappa shape index (κ1) is 19.0. The number of benzene rings is 3. The zero-order valence-corrected chi connectivity index (χ0v) is 16.3. The summed E-state index contributed by atoms with van der Waals surface area (Å²) in [5.41, 5.74) is 5.15. The minimum absolute atomic E-state index is 0.576. The average Bonchev–Trinajstić information content (AvgIpc) is 2.71. The number of anilines is 1. The summed E-state index contributed by atoms with van der Waals surface area (Å²) in [4.78, 5) is 0. The number of hydrogen-bond acceptors (Lipinski definition) is 2. The Morgan fingerprint density at radius 2 is 1.48 bits per heavy atom. The molecule has 0 heterocycles. The molecule has 0 unspecified atom stereocenters. The van der Waals surface area contributed by atoms with Gasteiger partial charge in [-0.15, -0.1) is 0 Å². The molecule has 0 fully saturated rings. The lowest BCUT2D eigenvalue weighted by molar-refractivity contribution is 0.311. The molecular weight excluding hydrogens is 330 g/mol. The zero-order valence-electron chi connectivity index (χ0n) is 16.3. The third-order valence-corrected chi connectivity index (χ3v) is 4.72.